The Morgan fingerprint density at radius 3 is 2.43 bits per heavy atom. The van der Waals surface area contributed by atoms with Crippen LogP contribution in [0.2, 0.25) is 0 Å². The Bertz CT molecular complexity index is 154. The van der Waals surface area contributed by atoms with E-state index >= 15 is 0 Å². The predicted molar refractivity (Wildman–Crippen MR) is 64.0 cm³/mol. The molecule has 1 aliphatic rings. The lowest BCUT2D eigenvalue weighted by atomic mass is 9.89. The normalized spacial score (nSPS) is 23.4. The molecule has 0 aromatic heterocycles. The van der Waals surface area contributed by atoms with E-state index in [9.17, 15) is 0 Å². The van der Waals surface area contributed by atoms with E-state index in [0.29, 0.717) is 0 Å². The van der Waals surface area contributed by atoms with Crippen molar-refractivity contribution in [1.82, 2.24) is 5.32 Å². The van der Waals surface area contributed by atoms with Gasteiger partial charge in [-0.3, -0.25) is 0 Å². The number of nitrogens with one attached hydrogen (secondary N) is 1. The van der Waals surface area contributed by atoms with Crippen molar-refractivity contribution in [1.29, 1.82) is 0 Å². The zero-order chi connectivity index (χ0) is 10.4. The Balaban J connectivity index is 2.37. The van der Waals surface area contributed by atoms with E-state index in [1.807, 2.05) is 0 Å². The molecule has 1 fully saturated rings. The summed E-state index contributed by atoms with van der Waals surface area (Å²) in [5.41, 5.74) is 0.268. The summed E-state index contributed by atoms with van der Waals surface area (Å²) in [6, 6.07) is 0.747. The van der Waals surface area contributed by atoms with Crippen LogP contribution >= 0.6 is 11.6 Å². The molecule has 1 rings (SSSR count). The van der Waals surface area contributed by atoms with E-state index in [2.05, 4.69) is 19.2 Å². The van der Waals surface area contributed by atoms with Crippen molar-refractivity contribution < 1.29 is 0 Å². The first-order chi connectivity index (χ1) is 6.70. The molecular weight excluding hydrogens is 194 g/mol. The van der Waals surface area contributed by atoms with Crippen LogP contribution < -0.4 is 5.32 Å². The summed E-state index contributed by atoms with van der Waals surface area (Å²) in [6.45, 7) is 4.56. The summed E-state index contributed by atoms with van der Waals surface area (Å²) in [4.78, 5) is 0. The first-order valence-electron chi connectivity index (χ1n) is 6.04. The minimum Gasteiger partial charge on any atom is -0.309 e. The zero-order valence-corrected chi connectivity index (χ0v) is 10.4. The van der Waals surface area contributed by atoms with E-state index in [-0.39, 0.29) is 5.54 Å². The average molecular weight is 218 g/mol. The summed E-state index contributed by atoms with van der Waals surface area (Å²) in [5.74, 6) is 0.768. The molecule has 0 saturated heterocycles. The van der Waals surface area contributed by atoms with Crippen LogP contribution in [0.5, 0.6) is 0 Å². The summed E-state index contributed by atoms with van der Waals surface area (Å²) in [6.07, 6.45) is 9.21. The maximum Gasteiger partial charge on any atom is 0.0240 e. The van der Waals surface area contributed by atoms with Crippen LogP contribution in [0.3, 0.4) is 0 Å². The Hall–Kier alpha value is 0.250. The lowest BCUT2D eigenvalue weighted by Crippen LogP contribution is -2.48. The van der Waals surface area contributed by atoms with Gasteiger partial charge in [0.15, 0.2) is 0 Å². The van der Waals surface area contributed by atoms with Crippen LogP contribution in [0.4, 0.5) is 0 Å². The van der Waals surface area contributed by atoms with Gasteiger partial charge in [0.2, 0.25) is 0 Å². The number of hydrogen-bond acceptors (Lipinski definition) is 1. The molecule has 2 heteroatoms. The molecule has 0 bridgehead atoms. The van der Waals surface area contributed by atoms with E-state index in [1.54, 1.807) is 0 Å². The molecule has 1 aliphatic carbocycles. The molecule has 0 amide bonds. The summed E-state index contributed by atoms with van der Waals surface area (Å²) < 4.78 is 0. The molecule has 1 unspecified atom stereocenters. The molecule has 1 nitrogen and oxygen atoms in total. The van der Waals surface area contributed by atoms with Gasteiger partial charge in [-0.05, 0) is 32.6 Å². The van der Waals surface area contributed by atoms with Crippen LogP contribution in [-0.2, 0) is 0 Å². The zero-order valence-electron chi connectivity index (χ0n) is 9.61. The van der Waals surface area contributed by atoms with Gasteiger partial charge >= 0.3 is 0 Å². The molecule has 1 saturated carbocycles. The lowest BCUT2D eigenvalue weighted by molar-refractivity contribution is 0.251. The topological polar surface area (TPSA) is 12.0 Å². The average Bonchev–Trinajstić information content (AvgIpc) is 2.20. The molecule has 1 atom stereocenters. The molecule has 0 radical (unpaired) electrons. The molecule has 14 heavy (non-hydrogen) atoms. The number of hydrogen-bond donors (Lipinski definition) is 1. The molecule has 1 N–H and O–H groups in total. The smallest absolute Gasteiger partial charge is 0.0240 e. The fraction of sp³-hybridized carbons (Fsp3) is 1.00. The number of alkyl halides is 1. The number of halogens is 1. The molecule has 0 aromatic carbocycles. The molecule has 0 spiro atoms. The van der Waals surface area contributed by atoms with Crippen LogP contribution in [0.25, 0.3) is 0 Å². The van der Waals surface area contributed by atoms with E-state index in [4.69, 9.17) is 11.6 Å². The second kappa shape index (κ2) is 5.97. The largest absolute Gasteiger partial charge is 0.309 e. The Kier molecular flexibility index (Phi) is 5.25. The SMILES string of the molecule is CCC(C)(CCCl)NC1CCCCC1. The van der Waals surface area contributed by atoms with Gasteiger partial charge in [0, 0.05) is 17.5 Å². The van der Waals surface area contributed by atoms with Gasteiger partial charge in [-0.25, -0.2) is 0 Å². The molecule has 0 aliphatic heterocycles. The Labute approximate surface area is 93.6 Å². The van der Waals surface area contributed by atoms with E-state index in [0.717, 1.165) is 18.3 Å². The van der Waals surface area contributed by atoms with Gasteiger partial charge in [0.1, 0.15) is 0 Å². The highest BCUT2D eigenvalue weighted by Gasteiger charge is 2.25. The highest BCUT2D eigenvalue weighted by Crippen LogP contribution is 2.23. The predicted octanol–water partition coefficient (Wildman–Crippen LogP) is 3.71. The monoisotopic (exact) mass is 217 g/mol. The van der Waals surface area contributed by atoms with E-state index < -0.39 is 0 Å². The Morgan fingerprint density at radius 2 is 1.93 bits per heavy atom. The third kappa shape index (κ3) is 3.78. The van der Waals surface area contributed by atoms with Crippen molar-refractivity contribution in [2.75, 3.05) is 5.88 Å². The Morgan fingerprint density at radius 1 is 1.29 bits per heavy atom. The summed E-state index contributed by atoms with van der Waals surface area (Å²) in [5, 5.41) is 3.80. The number of rotatable bonds is 5. The molecule has 0 aromatic rings. The van der Waals surface area contributed by atoms with Crippen LogP contribution in [0.15, 0.2) is 0 Å². The minimum absolute atomic E-state index is 0.268. The fourth-order valence-electron chi connectivity index (χ4n) is 2.30. The quantitative estimate of drug-likeness (QED) is 0.693. The molecule has 84 valence electrons. The maximum absolute atomic E-state index is 5.84. The van der Waals surface area contributed by atoms with Gasteiger partial charge in [0.25, 0.3) is 0 Å². The van der Waals surface area contributed by atoms with Crippen molar-refractivity contribution in [3.05, 3.63) is 0 Å². The third-order valence-electron chi connectivity index (χ3n) is 3.58. The highest BCUT2D eigenvalue weighted by molar-refractivity contribution is 6.17. The van der Waals surface area contributed by atoms with Crippen molar-refractivity contribution >= 4 is 11.6 Å². The molecule has 0 heterocycles. The standard InChI is InChI=1S/C12H24ClN/c1-3-12(2,9-10-13)14-11-7-5-4-6-8-11/h11,14H,3-10H2,1-2H3. The van der Waals surface area contributed by atoms with Crippen LogP contribution in [0, 0.1) is 0 Å². The molecular formula is C12H24ClN. The van der Waals surface area contributed by atoms with Gasteiger partial charge in [0.05, 0.1) is 0 Å². The first-order valence-corrected chi connectivity index (χ1v) is 6.57. The van der Waals surface area contributed by atoms with Gasteiger partial charge < -0.3 is 5.32 Å². The van der Waals surface area contributed by atoms with Crippen molar-refractivity contribution in [3.63, 3.8) is 0 Å². The van der Waals surface area contributed by atoms with Gasteiger partial charge in [-0.15, -0.1) is 11.6 Å². The van der Waals surface area contributed by atoms with E-state index in [1.165, 1.54) is 38.5 Å². The van der Waals surface area contributed by atoms with Crippen molar-refractivity contribution in [3.8, 4) is 0 Å². The second-order valence-electron chi connectivity index (χ2n) is 4.83. The van der Waals surface area contributed by atoms with Gasteiger partial charge in [-0.1, -0.05) is 26.2 Å². The summed E-state index contributed by atoms with van der Waals surface area (Å²) in [7, 11) is 0. The maximum atomic E-state index is 5.84. The second-order valence-corrected chi connectivity index (χ2v) is 5.21. The van der Waals surface area contributed by atoms with Crippen molar-refractivity contribution in [2.45, 2.75) is 70.4 Å². The van der Waals surface area contributed by atoms with Crippen molar-refractivity contribution in [2.24, 2.45) is 0 Å². The van der Waals surface area contributed by atoms with Crippen LogP contribution in [-0.4, -0.2) is 17.5 Å². The van der Waals surface area contributed by atoms with Crippen LogP contribution in [0.1, 0.15) is 58.8 Å². The highest BCUT2D eigenvalue weighted by atomic mass is 35.5. The fourth-order valence-corrected chi connectivity index (χ4v) is 2.72. The summed E-state index contributed by atoms with van der Waals surface area (Å²) >= 11 is 5.84. The van der Waals surface area contributed by atoms with Gasteiger partial charge in [-0.2, -0.15) is 0 Å². The minimum atomic E-state index is 0.268. The first kappa shape index (κ1) is 12.3. The lowest BCUT2D eigenvalue weighted by Gasteiger charge is -2.36. The third-order valence-corrected chi connectivity index (χ3v) is 3.77.